The van der Waals surface area contributed by atoms with E-state index < -0.39 is 60.3 Å². The summed E-state index contributed by atoms with van der Waals surface area (Å²) < 4.78 is 65.8. The molecule has 2 saturated carbocycles. The largest absolute Gasteiger partial charge is 0.464 e. The number of ether oxygens (including phenoxy) is 3. The van der Waals surface area contributed by atoms with Crippen molar-refractivity contribution in [1.82, 2.24) is 49.8 Å². The van der Waals surface area contributed by atoms with Gasteiger partial charge in [-0.2, -0.15) is 13.2 Å². The van der Waals surface area contributed by atoms with Crippen molar-refractivity contribution in [2.75, 3.05) is 123 Å². The maximum atomic E-state index is 15.3. The van der Waals surface area contributed by atoms with Gasteiger partial charge in [0.1, 0.15) is 24.7 Å². The predicted molar refractivity (Wildman–Crippen MR) is 322 cm³/mol. The number of hydrazine groups is 1. The number of pyridine rings is 1. The number of anilines is 2. The number of benzene rings is 1. The average molecular weight is 1210 g/mol. The SMILES string of the molecule is CO[C@@H](C)c1ncc(N2CCN(C3CC3)CC2)cc1-c1c2c3cc(ccc3n1CC(F)(F)F)N1CCO[C@@H](C[C@H](NC(=O)C(C(C)C)N3CC[C@]4(CCN(C(=O)[C@H]5C(C6CC6)N5CC(=O)N(C)C)C4)C3)C(=O)N3CCC[C@H](N3)C(=O)OCC(C)(C)C2)C1. The van der Waals surface area contributed by atoms with Crippen molar-refractivity contribution < 1.29 is 51.4 Å². The molecule has 2 aliphatic carbocycles. The predicted octanol–water partition coefficient (Wildman–Crippen LogP) is 5.46. The van der Waals surface area contributed by atoms with Crippen LogP contribution in [0.3, 0.4) is 0 Å². The Balaban J connectivity index is 0.837. The van der Waals surface area contributed by atoms with Gasteiger partial charge in [-0.1, -0.05) is 27.7 Å². The minimum atomic E-state index is -4.60. The Kier molecular flexibility index (Phi) is 17.2. The van der Waals surface area contributed by atoms with Crippen molar-refractivity contribution in [3.8, 4) is 11.3 Å². The van der Waals surface area contributed by atoms with Gasteiger partial charge in [0.2, 0.25) is 17.7 Å². The zero-order chi connectivity index (χ0) is 61.4. The van der Waals surface area contributed by atoms with Crippen molar-refractivity contribution in [3.05, 3.63) is 41.7 Å². The van der Waals surface area contributed by atoms with Gasteiger partial charge >= 0.3 is 12.1 Å². The Bertz CT molecular complexity index is 3090. The van der Waals surface area contributed by atoms with Crippen LogP contribution < -0.4 is 20.5 Å². The van der Waals surface area contributed by atoms with Gasteiger partial charge in [0.25, 0.3) is 5.91 Å². The molecule has 87 heavy (non-hydrogen) atoms. The second-order valence-corrected chi connectivity index (χ2v) is 28.1. The molecule has 1 spiro atoms. The van der Waals surface area contributed by atoms with E-state index in [4.69, 9.17) is 19.2 Å². The van der Waals surface area contributed by atoms with Gasteiger partial charge in [0, 0.05) is 138 Å². The van der Waals surface area contributed by atoms with Crippen LogP contribution in [0.25, 0.3) is 22.2 Å². The molecule has 3 aromatic rings. The zero-order valence-electron chi connectivity index (χ0n) is 52.2. The molecule has 0 radical (unpaired) electrons. The van der Waals surface area contributed by atoms with Crippen molar-refractivity contribution in [1.29, 1.82) is 0 Å². The van der Waals surface area contributed by atoms with Gasteiger partial charge in [0.15, 0.2) is 0 Å². The fraction of sp³-hybridized carbons (Fsp3) is 0.719. The van der Waals surface area contributed by atoms with E-state index in [-0.39, 0.29) is 73.7 Å². The zero-order valence-corrected chi connectivity index (χ0v) is 52.2. The number of aromatic nitrogens is 2. The summed E-state index contributed by atoms with van der Waals surface area (Å²) in [5, 5.41) is 5.30. The molecule has 6 saturated heterocycles. The van der Waals surface area contributed by atoms with Crippen LogP contribution in [0.1, 0.15) is 110 Å². The first kappa shape index (κ1) is 61.6. The Labute approximate surface area is 509 Å². The molecule has 2 N–H and O–H groups in total. The molecule has 1 aromatic carbocycles. The first-order chi connectivity index (χ1) is 41.5. The van der Waals surface area contributed by atoms with E-state index in [9.17, 15) is 14.4 Å². The number of methoxy groups -OCH3 is 1. The van der Waals surface area contributed by atoms with Crippen LogP contribution in [0.15, 0.2) is 30.5 Å². The number of nitrogens with one attached hydrogen (secondary N) is 2. The van der Waals surface area contributed by atoms with Crippen LogP contribution in [0, 0.1) is 22.7 Å². The number of cyclic esters (lactones) is 1. The quantitative estimate of drug-likeness (QED) is 0.153. The summed E-state index contributed by atoms with van der Waals surface area (Å²) in [5.41, 5.74) is 6.29. The number of rotatable bonds is 14. The third-order valence-corrected chi connectivity index (χ3v) is 20.4. The standard InChI is InChI=1S/C64H91F3N12O8/c1-39(2)54(75-20-17-63(35-75)18-21-76(36-63)60(83)57-55(41-11-12-41)77(57)34-52(80)71(6)7)58(81)69-50-30-45-33-74(26-27-86-45)43-15-16-51-46(28-43)48(31-62(4,5)38-87-61(84)49-10-9-19-79(70-49)59(50)82)56(78(51)37-64(65,66)67)47-29-44(32-68-53(47)40(3)85-8)73-24-22-72(23-25-73)42-13-14-42/h15-16,28-29,32,39-42,45,49-50,54-55,57,70H,9-14,17-27,30-31,33-38H2,1-8H3,(H,69,81)/t40-,45-,49-,50-,54?,55?,57+,63-,77?/m0/s1. The molecule has 20 nitrogen and oxygen atoms in total. The molecule has 12 rings (SSSR count). The monoisotopic (exact) mass is 1210 g/mol. The fourth-order valence-electron chi connectivity index (χ4n) is 15.3. The number of morpholine rings is 1. The van der Waals surface area contributed by atoms with Gasteiger partial charge < -0.3 is 43.7 Å². The first-order valence-corrected chi connectivity index (χ1v) is 32.1. The highest BCUT2D eigenvalue weighted by atomic mass is 19.4. The lowest BCUT2D eigenvalue weighted by molar-refractivity contribution is -0.156. The van der Waals surface area contributed by atoms with E-state index in [1.54, 1.807) is 32.2 Å². The average Bonchev–Trinajstić information content (AvgIpc) is 1.60. The molecule has 9 aliphatic rings. The van der Waals surface area contributed by atoms with Crippen LogP contribution in [0.5, 0.6) is 0 Å². The van der Waals surface area contributed by atoms with Crippen LogP contribution in [0.4, 0.5) is 24.5 Å². The van der Waals surface area contributed by atoms with E-state index in [2.05, 4.69) is 35.2 Å². The third kappa shape index (κ3) is 13.1. The highest BCUT2D eigenvalue weighted by Crippen LogP contribution is 2.50. The van der Waals surface area contributed by atoms with Crippen LogP contribution in [0.2, 0.25) is 0 Å². The second kappa shape index (κ2) is 24.3. The number of piperazine rings is 1. The molecular formula is C64H91F3N12O8. The Hall–Kier alpha value is -5.59. The van der Waals surface area contributed by atoms with Crippen LogP contribution in [-0.2, 0) is 51.1 Å². The number of alkyl halides is 3. The van der Waals surface area contributed by atoms with Crippen molar-refractivity contribution in [2.24, 2.45) is 22.7 Å². The number of hydrogen-bond donors (Lipinski definition) is 2. The molecule has 7 aliphatic heterocycles. The number of likely N-dealkylation sites (tertiary alicyclic amines) is 2. The number of likely N-dealkylation sites (N-methyl/N-ethyl adjacent to an activating group) is 1. The number of esters is 1. The number of carbonyl (C=O) groups excluding carboxylic acids is 5. The van der Waals surface area contributed by atoms with Crippen molar-refractivity contribution in [3.63, 3.8) is 0 Å². The Morgan fingerprint density at radius 1 is 0.920 bits per heavy atom. The molecule has 23 heteroatoms. The third-order valence-electron chi connectivity index (χ3n) is 20.4. The maximum absolute atomic E-state index is 15.3. The lowest BCUT2D eigenvalue weighted by Gasteiger charge is -2.39. The van der Waals surface area contributed by atoms with E-state index >= 15 is 22.8 Å². The van der Waals surface area contributed by atoms with Gasteiger partial charge in [-0.15, -0.1) is 0 Å². The summed E-state index contributed by atoms with van der Waals surface area (Å²) >= 11 is 0. The van der Waals surface area contributed by atoms with Gasteiger partial charge in [-0.05, 0) is 113 Å². The smallest absolute Gasteiger partial charge is 0.406 e. The molecular weight excluding hydrogens is 1120 g/mol. The number of amides is 4. The molecule has 9 atom stereocenters. The number of fused-ring (bicyclic) bond motifs is 6. The van der Waals surface area contributed by atoms with Crippen molar-refractivity contribution in [2.45, 2.75) is 160 Å². The minimum absolute atomic E-state index is 0.00713. The summed E-state index contributed by atoms with van der Waals surface area (Å²) in [6, 6.07) is 5.52. The lowest BCUT2D eigenvalue weighted by atomic mass is 9.84. The Morgan fingerprint density at radius 3 is 2.38 bits per heavy atom. The molecule has 2 aromatic heterocycles. The highest BCUT2D eigenvalue weighted by Gasteiger charge is 2.61. The van der Waals surface area contributed by atoms with Crippen LogP contribution >= 0.6 is 0 Å². The minimum Gasteiger partial charge on any atom is -0.464 e. The Morgan fingerprint density at radius 2 is 1.68 bits per heavy atom. The summed E-state index contributed by atoms with van der Waals surface area (Å²) in [6.45, 7) is 15.8. The first-order valence-electron chi connectivity index (χ1n) is 32.1. The molecule has 476 valence electrons. The lowest BCUT2D eigenvalue weighted by Crippen LogP contribution is -2.62. The van der Waals surface area contributed by atoms with Gasteiger partial charge in [-0.25, -0.2) is 5.43 Å². The number of hydrogen-bond acceptors (Lipinski definition) is 15. The summed E-state index contributed by atoms with van der Waals surface area (Å²) in [7, 11) is 5.06. The molecule has 6 bridgehead atoms. The second-order valence-electron chi connectivity index (χ2n) is 28.1. The summed E-state index contributed by atoms with van der Waals surface area (Å²) in [6.07, 6.45) is 3.50. The van der Waals surface area contributed by atoms with Gasteiger partial charge in [-0.3, -0.25) is 48.7 Å². The fourth-order valence-corrected chi connectivity index (χ4v) is 15.3. The van der Waals surface area contributed by atoms with Crippen LogP contribution in [-0.4, -0.2) is 230 Å². The molecule has 8 fully saturated rings. The van der Waals surface area contributed by atoms with E-state index in [1.165, 1.54) is 22.4 Å². The number of halogens is 3. The highest BCUT2D eigenvalue weighted by molar-refractivity contribution is 5.95. The topological polar surface area (TPSA) is 181 Å². The molecule has 4 amide bonds. The normalized spacial score (nSPS) is 29.1. The van der Waals surface area contributed by atoms with E-state index in [1.807, 2.05) is 63.9 Å². The maximum Gasteiger partial charge on any atom is 0.406 e. The van der Waals surface area contributed by atoms with Gasteiger partial charge in [0.05, 0.1) is 61.3 Å². The van der Waals surface area contributed by atoms with E-state index in [0.717, 1.165) is 63.2 Å². The summed E-state index contributed by atoms with van der Waals surface area (Å²) in [4.78, 5) is 91.3. The number of nitrogens with zero attached hydrogens (tertiary/aromatic N) is 10. The molecule has 9 heterocycles. The summed E-state index contributed by atoms with van der Waals surface area (Å²) in [5.74, 6) is -0.847. The molecule has 3 unspecified atom stereocenters. The number of carbonyl (C=O) groups is 5. The van der Waals surface area contributed by atoms with E-state index in [0.29, 0.717) is 104 Å². The van der Waals surface area contributed by atoms with Crippen molar-refractivity contribution >= 4 is 51.9 Å².